The summed E-state index contributed by atoms with van der Waals surface area (Å²) in [6.45, 7) is 2.11. The highest BCUT2D eigenvalue weighted by molar-refractivity contribution is 7.10. The van der Waals surface area contributed by atoms with Gasteiger partial charge in [-0.05, 0) is 67.4 Å². The first kappa shape index (κ1) is 10.8. The predicted octanol–water partition coefficient (Wildman–Crippen LogP) is 3.92. The Morgan fingerprint density at radius 1 is 1.44 bits per heavy atom. The van der Waals surface area contributed by atoms with E-state index >= 15 is 0 Å². The van der Waals surface area contributed by atoms with Crippen molar-refractivity contribution in [2.45, 2.75) is 45.1 Å². The fourth-order valence-electron chi connectivity index (χ4n) is 3.78. The number of fused-ring (bicyclic) bond motifs is 2. The minimum absolute atomic E-state index is 0.204. The van der Waals surface area contributed by atoms with Crippen molar-refractivity contribution in [1.29, 1.82) is 0 Å². The lowest BCUT2D eigenvalue weighted by molar-refractivity contribution is 0.128. The molecule has 1 heterocycles. The lowest BCUT2D eigenvalue weighted by Crippen LogP contribution is -2.14. The van der Waals surface area contributed by atoms with Crippen molar-refractivity contribution >= 4 is 11.3 Å². The second kappa shape index (κ2) is 4.15. The fraction of sp³-hybridized carbons (Fsp3) is 0.714. The minimum atomic E-state index is -0.204. The topological polar surface area (TPSA) is 20.2 Å². The molecule has 0 amide bonds. The highest BCUT2D eigenvalue weighted by Crippen LogP contribution is 2.51. The van der Waals surface area contributed by atoms with Crippen LogP contribution in [0.5, 0.6) is 0 Å². The Morgan fingerprint density at radius 3 is 2.88 bits per heavy atom. The molecular formula is C14H20OS. The molecule has 0 radical (unpaired) electrons. The molecule has 0 saturated heterocycles. The van der Waals surface area contributed by atoms with E-state index in [-0.39, 0.29) is 6.10 Å². The Morgan fingerprint density at radius 2 is 2.31 bits per heavy atom. The second-order valence-electron chi connectivity index (χ2n) is 5.65. The Bertz CT molecular complexity index is 371. The number of hydrogen-bond donors (Lipinski definition) is 1. The SMILES string of the molecule is Cc1ccsc1C(O)CC1CC2CCC1C2. The van der Waals surface area contributed by atoms with Gasteiger partial charge in [-0.2, -0.15) is 0 Å². The zero-order valence-corrected chi connectivity index (χ0v) is 10.7. The van der Waals surface area contributed by atoms with Crippen LogP contribution >= 0.6 is 11.3 Å². The fourth-order valence-corrected chi connectivity index (χ4v) is 4.71. The van der Waals surface area contributed by atoms with Gasteiger partial charge in [0.15, 0.2) is 0 Å². The quantitative estimate of drug-likeness (QED) is 0.843. The van der Waals surface area contributed by atoms with Gasteiger partial charge in [0.05, 0.1) is 6.10 Å². The van der Waals surface area contributed by atoms with Crippen LogP contribution in [0.25, 0.3) is 0 Å². The molecular weight excluding hydrogens is 216 g/mol. The van der Waals surface area contributed by atoms with E-state index < -0.39 is 0 Å². The van der Waals surface area contributed by atoms with Crippen LogP contribution in [-0.4, -0.2) is 5.11 Å². The zero-order chi connectivity index (χ0) is 11.1. The van der Waals surface area contributed by atoms with E-state index in [1.165, 1.54) is 36.1 Å². The summed E-state index contributed by atoms with van der Waals surface area (Å²) in [5, 5.41) is 12.4. The first-order valence-electron chi connectivity index (χ1n) is 6.46. The molecule has 0 aromatic carbocycles. The average Bonchev–Trinajstić information content (AvgIpc) is 2.92. The number of aryl methyl sites for hydroxylation is 1. The molecule has 3 rings (SSSR count). The molecule has 88 valence electrons. The van der Waals surface area contributed by atoms with E-state index in [1.807, 2.05) is 0 Å². The summed E-state index contributed by atoms with van der Waals surface area (Å²) in [7, 11) is 0. The van der Waals surface area contributed by atoms with Crippen molar-refractivity contribution in [2.24, 2.45) is 17.8 Å². The van der Waals surface area contributed by atoms with Crippen molar-refractivity contribution in [2.75, 3.05) is 0 Å². The maximum Gasteiger partial charge on any atom is 0.0887 e. The molecule has 2 fully saturated rings. The van der Waals surface area contributed by atoms with Crippen LogP contribution in [0.2, 0.25) is 0 Å². The highest BCUT2D eigenvalue weighted by Gasteiger charge is 2.40. The number of thiophene rings is 1. The Hall–Kier alpha value is -0.340. The Kier molecular flexibility index (Phi) is 2.80. The normalized spacial score (nSPS) is 34.5. The van der Waals surface area contributed by atoms with Crippen LogP contribution in [0.4, 0.5) is 0 Å². The molecule has 4 atom stereocenters. The van der Waals surface area contributed by atoms with Gasteiger partial charge in [-0.25, -0.2) is 0 Å². The number of aliphatic hydroxyl groups excluding tert-OH is 1. The number of aliphatic hydroxyl groups is 1. The van der Waals surface area contributed by atoms with Crippen LogP contribution in [0.1, 0.15) is 48.6 Å². The molecule has 1 N–H and O–H groups in total. The van der Waals surface area contributed by atoms with Gasteiger partial charge in [-0.3, -0.25) is 0 Å². The molecule has 0 aliphatic heterocycles. The molecule has 4 unspecified atom stereocenters. The predicted molar refractivity (Wildman–Crippen MR) is 67.6 cm³/mol. The van der Waals surface area contributed by atoms with Crippen LogP contribution in [-0.2, 0) is 0 Å². The van der Waals surface area contributed by atoms with Gasteiger partial charge in [0.1, 0.15) is 0 Å². The lowest BCUT2D eigenvalue weighted by atomic mass is 9.84. The summed E-state index contributed by atoms with van der Waals surface area (Å²) >= 11 is 1.71. The molecule has 1 aromatic heterocycles. The molecule has 1 aromatic rings. The third-order valence-electron chi connectivity index (χ3n) is 4.61. The van der Waals surface area contributed by atoms with Gasteiger partial charge in [-0.15, -0.1) is 11.3 Å². The third kappa shape index (κ3) is 1.82. The summed E-state index contributed by atoms with van der Waals surface area (Å²) in [6, 6.07) is 2.12. The molecule has 2 heteroatoms. The van der Waals surface area contributed by atoms with Crippen LogP contribution in [0.3, 0.4) is 0 Å². The summed E-state index contributed by atoms with van der Waals surface area (Å²) in [5.41, 5.74) is 1.26. The van der Waals surface area contributed by atoms with Gasteiger partial charge in [0.2, 0.25) is 0 Å². The van der Waals surface area contributed by atoms with Gasteiger partial charge in [0.25, 0.3) is 0 Å². The van der Waals surface area contributed by atoms with Crippen molar-refractivity contribution < 1.29 is 5.11 Å². The van der Waals surface area contributed by atoms with Crippen LogP contribution in [0.15, 0.2) is 11.4 Å². The van der Waals surface area contributed by atoms with E-state index in [4.69, 9.17) is 0 Å². The molecule has 16 heavy (non-hydrogen) atoms. The van der Waals surface area contributed by atoms with E-state index in [1.54, 1.807) is 11.3 Å². The van der Waals surface area contributed by atoms with Gasteiger partial charge < -0.3 is 5.11 Å². The maximum absolute atomic E-state index is 10.3. The standard InChI is InChI=1S/C14H20OS/c1-9-4-5-16-14(9)13(15)8-12-7-10-2-3-11(12)6-10/h4-5,10-13,15H,2-3,6-8H2,1H3. The van der Waals surface area contributed by atoms with Crippen LogP contribution in [0, 0.1) is 24.7 Å². The van der Waals surface area contributed by atoms with E-state index in [0.717, 1.165) is 24.2 Å². The number of hydrogen-bond acceptors (Lipinski definition) is 2. The van der Waals surface area contributed by atoms with Gasteiger partial charge in [-0.1, -0.05) is 6.42 Å². The van der Waals surface area contributed by atoms with Gasteiger partial charge in [0, 0.05) is 4.88 Å². The summed E-state index contributed by atoms with van der Waals surface area (Å²) < 4.78 is 0. The highest BCUT2D eigenvalue weighted by atomic mass is 32.1. The first-order valence-corrected chi connectivity index (χ1v) is 7.34. The molecule has 2 aliphatic carbocycles. The van der Waals surface area contributed by atoms with Crippen molar-refractivity contribution in [3.63, 3.8) is 0 Å². The first-order chi connectivity index (χ1) is 7.74. The largest absolute Gasteiger partial charge is 0.388 e. The molecule has 2 saturated carbocycles. The zero-order valence-electron chi connectivity index (χ0n) is 9.86. The van der Waals surface area contributed by atoms with E-state index in [9.17, 15) is 5.11 Å². The second-order valence-corrected chi connectivity index (χ2v) is 6.60. The van der Waals surface area contributed by atoms with Crippen molar-refractivity contribution in [3.05, 3.63) is 21.9 Å². The molecule has 1 nitrogen and oxygen atoms in total. The summed E-state index contributed by atoms with van der Waals surface area (Å²) in [4.78, 5) is 1.20. The maximum atomic E-state index is 10.3. The molecule has 0 spiro atoms. The smallest absolute Gasteiger partial charge is 0.0887 e. The van der Waals surface area contributed by atoms with Crippen molar-refractivity contribution in [3.8, 4) is 0 Å². The average molecular weight is 236 g/mol. The molecule has 2 bridgehead atoms. The monoisotopic (exact) mass is 236 g/mol. The third-order valence-corrected chi connectivity index (χ3v) is 5.74. The summed E-state index contributed by atoms with van der Waals surface area (Å²) in [6.07, 6.45) is 6.50. The van der Waals surface area contributed by atoms with E-state index in [0.29, 0.717) is 0 Å². The van der Waals surface area contributed by atoms with Gasteiger partial charge >= 0.3 is 0 Å². The Balaban J connectivity index is 1.65. The van der Waals surface area contributed by atoms with E-state index in [2.05, 4.69) is 18.4 Å². The molecule has 2 aliphatic rings. The Labute approximate surface area is 102 Å². The summed E-state index contributed by atoms with van der Waals surface area (Å²) in [5.74, 6) is 2.72. The minimum Gasteiger partial charge on any atom is -0.388 e. The van der Waals surface area contributed by atoms with Crippen molar-refractivity contribution in [1.82, 2.24) is 0 Å². The lowest BCUT2D eigenvalue weighted by Gasteiger charge is -2.24. The number of rotatable bonds is 3. The van der Waals surface area contributed by atoms with Crippen LogP contribution < -0.4 is 0 Å².